The average molecular weight is 180 g/mol. The average Bonchev–Trinajstić information content (AvgIpc) is 2.52. The molecule has 0 amide bonds. The zero-order valence-corrected chi connectivity index (χ0v) is 7.43. The van der Waals surface area contributed by atoms with Gasteiger partial charge in [-0.05, 0) is 30.7 Å². The van der Waals surface area contributed by atoms with Gasteiger partial charge in [0.25, 0.3) is 0 Å². The van der Waals surface area contributed by atoms with Crippen molar-refractivity contribution < 1.29 is 9.59 Å². The molecule has 0 spiro atoms. The summed E-state index contributed by atoms with van der Waals surface area (Å²) in [5, 5.41) is 0. The monoisotopic (exact) mass is 180 g/mol. The van der Waals surface area contributed by atoms with Gasteiger partial charge in [0, 0.05) is 4.88 Å². The van der Waals surface area contributed by atoms with Gasteiger partial charge < -0.3 is 0 Å². The van der Waals surface area contributed by atoms with Crippen molar-refractivity contribution in [1.82, 2.24) is 0 Å². The fourth-order valence-corrected chi connectivity index (χ4v) is 1.60. The Hall–Kier alpha value is -1.22. The maximum absolute atomic E-state index is 10.3. The van der Waals surface area contributed by atoms with E-state index in [1.54, 1.807) is 19.1 Å². The van der Waals surface area contributed by atoms with Crippen molar-refractivity contribution in [1.29, 1.82) is 0 Å². The normalized spacial score (nSPS) is 11.2. The van der Waals surface area contributed by atoms with Crippen molar-refractivity contribution in [3.8, 4) is 0 Å². The van der Waals surface area contributed by atoms with Crippen molar-refractivity contribution in [2.45, 2.75) is 6.92 Å². The van der Waals surface area contributed by atoms with E-state index in [1.807, 2.05) is 6.07 Å². The maximum Gasteiger partial charge on any atom is 0.160 e. The second kappa shape index (κ2) is 3.97. The van der Waals surface area contributed by atoms with Gasteiger partial charge in [-0.25, -0.2) is 0 Å². The predicted octanol–water partition coefficient (Wildman–Crippen LogP) is 2.16. The van der Waals surface area contributed by atoms with Gasteiger partial charge in [0.15, 0.2) is 6.29 Å². The van der Waals surface area contributed by atoms with Crippen molar-refractivity contribution in [3.63, 3.8) is 0 Å². The third kappa shape index (κ3) is 2.13. The Bertz CT molecular complexity index is 323. The number of carbonyl (C=O) groups is 2. The highest BCUT2D eigenvalue weighted by Crippen LogP contribution is 2.16. The molecule has 0 aliphatic rings. The van der Waals surface area contributed by atoms with E-state index < -0.39 is 0 Å². The Morgan fingerprint density at radius 2 is 2.00 bits per heavy atom. The highest BCUT2D eigenvalue weighted by molar-refractivity contribution is 7.14. The van der Waals surface area contributed by atoms with E-state index in [0.717, 1.165) is 17.4 Å². The van der Waals surface area contributed by atoms with Crippen LogP contribution in [-0.2, 0) is 4.79 Å². The molecule has 0 N–H and O–H groups in total. The molecule has 0 unspecified atom stereocenters. The van der Waals surface area contributed by atoms with Crippen molar-refractivity contribution >= 4 is 30.0 Å². The van der Waals surface area contributed by atoms with Crippen LogP contribution in [0.5, 0.6) is 0 Å². The summed E-state index contributed by atoms with van der Waals surface area (Å²) in [6.45, 7) is 1.73. The second-order valence-electron chi connectivity index (χ2n) is 2.36. The van der Waals surface area contributed by atoms with E-state index in [2.05, 4.69) is 0 Å². The van der Waals surface area contributed by atoms with Gasteiger partial charge in [0.2, 0.25) is 0 Å². The van der Waals surface area contributed by atoms with Crippen LogP contribution in [0.25, 0.3) is 6.08 Å². The standard InChI is InChI=1S/C9H8O2S/c1-7(5-10)4-8-2-3-9(6-11)12-8/h2-6H,1H3. The third-order valence-electron chi connectivity index (χ3n) is 1.32. The van der Waals surface area contributed by atoms with E-state index in [0.29, 0.717) is 10.5 Å². The minimum atomic E-state index is 0.661. The van der Waals surface area contributed by atoms with Crippen molar-refractivity contribution in [3.05, 3.63) is 27.5 Å². The van der Waals surface area contributed by atoms with Gasteiger partial charge in [-0.3, -0.25) is 9.59 Å². The van der Waals surface area contributed by atoms with Gasteiger partial charge in [-0.2, -0.15) is 0 Å². The summed E-state index contributed by atoms with van der Waals surface area (Å²) in [6.07, 6.45) is 3.35. The molecular weight excluding hydrogens is 172 g/mol. The number of aldehydes is 2. The SMILES string of the molecule is CC(C=O)=Cc1ccc(C=O)s1. The van der Waals surface area contributed by atoms with E-state index >= 15 is 0 Å². The summed E-state index contributed by atoms with van der Waals surface area (Å²) >= 11 is 1.37. The molecule has 0 saturated carbocycles. The minimum absolute atomic E-state index is 0.661. The molecule has 0 aliphatic heterocycles. The van der Waals surface area contributed by atoms with Gasteiger partial charge >= 0.3 is 0 Å². The molecule has 62 valence electrons. The lowest BCUT2D eigenvalue weighted by Gasteiger charge is -1.84. The van der Waals surface area contributed by atoms with Gasteiger partial charge in [-0.15, -0.1) is 11.3 Å². The quantitative estimate of drug-likeness (QED) is 0.527. The fraction of sp³-hybridized carbons (Fsp3) is 0.111. The first-order valence-corrected chi connectivity index (χ1v) is 4.26. The molecule has 0 bridgehead atoms. The lowest BCUT2D eigenvalue weighted by Crippen LogP contribution is -1.72. The van der Waals surface area contributed by atoms with E-state index in [9.17, 15) is 9.59 Å². The lowest BCUT2D eigenvalue weighted by molar-refractivity contribution is -0.104. The molecule has 0 aliphatic carbocycles. The van der Waals surface area contributed by atoms with E-state index in [1.165, 1.54) is 11.3 Å². The van der Waals surface area contributed by atoms with Crippen LogP contribution in [0.1, 0.15) is 21.5 Å². The van der Waals surface area contributed by atoms with Crippen LogP contribution in [0.4, 0.5) is 0 Å². The molecule has 2 nitrogen and oxygen atoms in total. The van der Waals surface area contributed by atoms with Gasteiger partial charge in [0.05, 0.1) is 4.88 Å². The molecule has 1 heterocycles. The molecule has 0 saturated heterocycles. The zero-order chi connectivity index (χ0) is 8.97. The summed E-state index contributed by atoms with van der Waals surface area (Å²) in [5.74, 6) is 0. The Morgan fingerprint density at radius 3 is 2.50 bits per heavy atom. The molecule has 0 atom stereocenters. The first kappa shape index (κ1) is 8.87. The molecule has 0 fully saturated rings. The zero-order valence-electron chi connectivity index (χ0n) is 6.61. The topological polar surface area (TPSA) is 34.1 Å². The second-order valence-corrected chi connectivity index (χ2v) is 3.51. The summed E-state index contributed by atoms with van der Waals surface area (Å²) in [7, 11) is 0. The summed E-state index contributed by atoms with van der Waals surface area (Å²) in [4.78, 5) is 22.2. The molecule has 0 aromatic carbocycles. The van der Waals surface area contributed by atoms with E-state index in [4.69, 9.17) is 0 Å². The van der Waals surface area contributed by atoms with Gasteiger partial charge in [-0.1, -0.05) is 0 Å². The number of rotatable bonds is 3. The highest BCUT2D eigenvalue weighted by atomic mass is 32.1. The maximum atomic E-state index is 10.3. The molecule has 1 aromatic rings. The molecule has 0 radical (unpaired) electrons. The van der Waals surface area contributed by atoms with Crippen LogP contribution in [-0.4, -0.2) is 12.6 Å². The van der Waals surface area contributed by atoms with Crippen LogP contribution in [0.2, 0.25) is 0 Å². The van der Waals surface area contributed by atoms with Crippen LogP contribution in [0.3, 0.4) is 0 Å². The third-order valence-corrected chi connectivity index (χ3v) is 2.28. The highest BCUT2D eigenvalue weighted by Gasteiger charge is 1.95. The summed E-state index contributed by atoms with van der Waals surface area (Å²) in [6, 6.07) is 3.56. The number of thiophene rings is 1. The van der Waals surface area contributed by atoms with Crippen LogP contribution >= 0.6 is 11.3 Å². The molecular formula is C9H8O2S. The molecule has 12 heavy (non-hydrogen) atoms. The smallest absolute Gasteiger partial charge is 0.160 e. The van der Waals surface area contributed by atoms with E-state index in [-0.39, 0.29) is 0 Å². The Labute approximate surface area is 74.5 Å². The first-order valence-electron chi connectivity index (χ1n) is 3.45. The van der Waals surface area contributed by atoms with Crippen molar-refractivity contribution in [2.75, 3.05) is 0 Å². The minimum Gasteiger partial charge on any atom is -0.298 e. The Morgan fingerprint density at radius 1 is 1.33 bits per heavy atom. The van der Waals surface area contributed by atoms with Gasteiger partial charge in [0.1, 0.15) is 6.29 Å². The molecule has 1 rings (SSSR count). The Kier molecular flexibility index (Phi) is 2.94. The number of hydrogen-bond acceptors (Lipinski definition) is 3. The number of allylic oxidation sites excluding steroid dienone is 1. The largest absolute Gasteiger partial charge is 0.298 e. The molecule has 1 aromatic heterocycles. The first-order chi connectivity index (χ1) is 5.76. The van der Waals surface area contributed by atoms with Crippen molar-refractivity contribution in [2.24, 2.45) is 0 Å². The predicted molar refractivity (Wildman–Crippen MR) is 49.4 cm³/mol. The summed E-state index contributed by atoms with van der Waals surface area (Å²) < 4.78 is 0. The number of carbonyl (C=O) groups excluding carboxylic acids is 2. The van der Waals surface area contributed by atoms with Crippen LogP contribution in [0, 0.1) is 0 Å². The molecule has 3 heteroatoms. The fourth-order valence-electron chi connectivity index (χ4n) is 0.768. The van der Waals surface area contributed by atoms with Crippen LogP contribution < -0.4 is 0 Å². The van der Waals surface area contributed by atoms with Crippen LogP contribution in [0.15, 0.2) is 17.7 Å². The number of hydrogen-bond donors (Lipinski definition) is 0. The summed E-state index contributed by atoms with van der Waals surface area (Å²) in [5.41, 5.74) is 0.661. The lowest BCUT2D eigenvalue weighted by atomic mass is 10.3. The Balaban J connectivity index is 2.89.